The van der Waals surface area contributed by atoms with Crippen molar-refractivity contribution in [3.63, 3.8) is 0 Å². The van der Waals surface area contributed by atoms with Crippen LogP contribution in [-0.4, -0.2) is 36.2 Å². The molecule has 1 aromatic rings. The summed E-state index contributed by atoms with van der Waals surface area (Å²) >= 11 is 0. The molecule has 1 saturated heterocycles. The van der Waals surface area contributed by atoms with E-state index in [2.05, 4.69) is 29.5 Å². The second kappa shape index (κ2) is 6.70. The van der Waals surface area contributed by atoms with Gasteiger partial charge < -0.3 is 15.4 Å². The van der Waals surface area contributed by atoms with Crippen molar-refractivity contribution in [2.75, 3.05) is 25.1 Å². The highest BCUT2D eigenvalue weighted by Crippen LogP contribution is 2.20. The van der Waals surface area contributed by atoms with E-state index >= 15 is 0 Å². The molecule has 1 aromatic heterocycles. The molecule has 5 nitrogen and oxygen atoms in total. The summed E-state index contributed by atoms with van der Waals surface area (Å²) in [4.78, 5) is 16.4. The molecule has 0 saturated carbocycles. The monoisotopic (exact) mass is 277 g/mol. The Kier molecular flexibility index (Phi) is 4.95. The molecule has 0 radical (unpaired) electrons. The van der Waals surface area contributed by atoms with E-state index in [1.54, 1.807) is 12.3 Å². The van der Waals surface area contributed by atoms with Crippen molar-refractivity contribution in [3.05, 3.63) is 24.0 Å². The second-order valence-corrected chi connectivity index (χ2v) is 5.49. The maximum atomic E-state index is 12.2. The predicted octanol–water partition coefficient (Wildman–Crippen LogP) is 2.20. The minimum Gasteiger partial charge on any atom is -0.384 e. The fraction of sp³-hybridized carbons (Fsp3) is 0.600. The van der Waals surface area contributed by atoms with Gasteiger partial charge in [-0.1, -0.05) is 6.92 Å². The summed E-state index contributed by atoms with van der Waals surface area (Å²) in [7, 11) is 0. The van der Waals surface area contributed by atoms with Crippen LogP contribution in [0.2, 0.25) is 0 Å². The molecule has 0 aromatic carbocycles. The summed E-state index contributed by atoms with van der Waals surface area (Å²) in [5, 5.41) is 6.31. The molecule has 0 atom stereocenters. The van der Waals surface area contributed by atoms with E-state index in [9.17, 15) is 4.79 Å². The molecule has 1 aliphatic rings. The quantitative estimate of drug-likeness (QED) is 0.866. The molecular weight excluding hydrogens is 254 g/mol. The Morgan fingerprint density at radius 1 is 1.40 bits per heavy atom. The number of ether oxygens (including phenoxy) is 1. The standard InChI is InChI=1S/C15H23N3O2/c1-3-8-16-12-4-5-13(17-11-12)14(19)18-15(2)6-9-20-10-7-15/h4-5,11,16H,3,6-10H2,1-2H3,(H,18,19). The van der Waals surface area contributed by atoms with E-state index in [4.69, 9.17) is 4.74 Å². The van der Waals surface area contributed by atoms with Crippen molar-refractivity contribution < 1.29 is 9.53 Å². The topological polar surface area (TPSA) is 63.2 Å². The second-order valence-electron chi connectivity index (χ2n) is 5.49. The molecule has 1 amide bonds. The summed E-state index contributed by atoms with van der Waals surface area (Å²) in [6.45, 7) is 6.47. The number of nitrogens with zero attached hydrogens (tertiary/aromatic N) is 1. The molecule has 5 heteroatoms. The van der Waals surface area contributed by atoms with Crippen molar-refractivity contribution >= 4 is 11.6 Å². The van der Waals surface area contributed by atoms with Crippen LogP contribution in [0.3, 0.4) is 0 Å². The van der Waals surface area contributed by atoms with Gasteiger partial charge in [0.2, 0.25) is 0 Å². The highest BCUT2D eigenvalue weighted by molar-refractivity contribution is 5.93. The van der Waals surface area contributed by atoms with Gasteiger partial charge in [-0.2, -0.15) is 0 Å². The summed E-state index contributed by atoms with van der Waals surface area (Å²) in [6, 6.07) is 3.65. The van der Waals surface area contributed by atoms with Gasteiger partial charge in [-0.25, -0.2) is 4.98 Å². The third-order valence-corrected chi connectivity index (χ3v) is 3.59. The lowest BCUT2D eigenvalue weighted by Crippen LogP contribution is -2.49. The van der Waals surface area contributed by atoms with Gasteiger partial charge in [0.15, 0.2) is 0 Å². The van der Waals surface area contributed by atoms with Crippen LogP contribution < -0.4 is 10.6 Å². The van der Waals surface area contributed by atoms with Gasteiger partial charge in [0.1, 0.15) is 5.69 Å². The molecule has 0 spiro atoms. The third kappa shape index (κ3) is 3.93. The van der Waals surface area contributed by atoms with Crippen molar-refractivity contribution in [1.29, 1.82) is 0 Å². The Morgan fingerprint density at radius 3 is 2.75 bits per heavy atom. The number of nitrogens with one attached hydrogen (secondary N) is 2. The average Bonchev–Trinajstić information content (AvgIpc) is 2.46. The smallest absolute Gasteiger partial charge is 0.270 e. The molecular formula is C15H23N3O2. The van der Waals surface area contributed by atoms with Gasteiger partial charge in [-0.3, -0.25) is 4.79 Å². The van der Waals surface area contributed by atoms with Gasteiger partial charge >= 0.3 is 0 Å². The van der Waals surface area contributed by atoms with Crippen LogP contribution in [0.15, 0.2) is 18.3 Å². The lowest BCUT2D eigenvalue weighted by atomic mass is 9.92. The van der Waals surface area contributed by atoms with Crippen LogP contribution >= 0.6 is 0 Å². The maximum absolute atomic E-state index is 12.2. The molecule has 2 rings (SSSR count). The number of carbonyl (C=O) groups is 1. The van der Waals surface area contributed by atoms with E-state index in [0.717, 1.165) is 31.5 Å². The van der Waals surface area contributed by atoms with E-state index in [1.807, 2.05) is 6.07 Å². The first-order valence-corrected chi connectivity index (χ1v) is 7.23. The Morgan fingerprint density at radius 2 is 2.15 bits per heavy atom. The SMILES string of the molecule is CCCNc1ccc(C(=O)NC2(C)CCOCC2)nc1. The first-order valence-electron chi connectivity index (χ1n) is 7.23. The van der Waals surface area contributed by atoms with Crippen molar-refractivity contribution in [2.45, 2.75) is 38.6 Å². The number of aromatic nitrogens is 1. The minimum absolute atomic E-state index is 0.114. The summed E-state index contributed by atoms with van der Waals surface area (Å²) < 4.78 is 5.33. The average molecular weight is 277 g/mol. The molecule has 1 aliphatic heterocycles. The van der Waals surface area contributed by atoms with Crippen LogP contribution in [0.5, 0.6) is 0 Å². The third-order valence-electron chi connectivity index (χ3n) is 3.59. The summed E-state index contributed by atoms with van der Waals surface area (Å²) in [5.74, 6) is -0.114. The van der Waals surface area contributed by atoms with Gasteiger partial charge in [-0.15, -0.1) is 0 Å². The number of pyridine rings is 1. The van der Waals surface area contributed by atoms with Crippen LogP contribution in [0, 0.1) is 0 Å². The minimum atomic E-state index is -0.184. The molecule has 2 N–H and O–H groups in total. The summed E-state index contributed by atoms with van der Waals surface area (Å²) in [6.07, 6.45) is 4.45. The first kappa shape index (κ1) is 14.8. The summed E-state index contributed by atoms with van der Waals surface area (Å²) in [5.41, 5.74) is 1.22. The normalized spacial score (nSPS) is 17.5. The first-order chi connectivity index (χ1) is 9.63. The zero-order chi connectivity index (χ0) is 14.4. The zero-order valence-corrected chi connectivity index (χ0v) is 12.2. The van der Waals surface area contributed by atoms with Gasteiger partial charge in [0.25, 0.3) is 5.91 Å². The maximum Gasteiger partial charge on any atom is 0.270 e. The van der Waals surface area contributed by atoms with E-state index in [-0.39, 0.29) is 11.4 Å². The van der Waals surface area contributed by atoms with E-state index in [1.165, 1.54) is 0 Å². The number of hydrogen-bond donors (Lipinski definition) is 2. The number of carbonyl (C=O) groups excluding carboxylic acids is 1. The highest BCUT2D eigenvalue weighted by Gasteiger charge is 2.29. The zero-order valence-electron chi connectivity index (χ0n) is 12.2. The number of amides is 1. The lowest BCUT2D eigenvalue weighted by molar-refractivity contribution is 0.0421. The van der Waals surface area contributed by atoms with Crippen molar-refractivity contribution in [3.8, 4) is 0 Å². The molecule has 0 bridgehead atoms. The van der Waals surface area contributed by atoms with Gasteiger partial charge in [0, 0.05) is 25.3 Å². The number of hydrogen-bond acceptors (Lipinski definition) is 4. The molecule has 2 heterocycles. The van der Waals surface area contributed by atoms with Crippen LogP contribution in [0.4, 0.5) is 5.69 Å². The van der Waals surface area contributed by atoms with Gasteiger partial charge in [-0.05, 0) is 38.3 Å². The molecule has 0 unspecified atom stereocenters. The number of anilines is 1. The molecule has 1 fully saturated rings. The molecule has 20 heavy (non-hydrogen) atoms. The fourth-order valence-electron chi connectivity index (χ4n) is 2.19. The molecule has 110 valence electrons. The Hall–Kier alpha value is -1.62. The predicted molar refractivity (Wildman–Crippen MR) is 78.9 cm³/mol. The Bertz CT molecular complexity index is 439. The lowest BCUT2D eigenvalue weighted by Gasteiger charge is -2.34. The van der Waals surface area contributed by atoms with Crippen molar-refractivity contribution in [1.82, 2.24) is 10.3 Å². The largest absolute Gasteiger partial charge is 0.384 e. The van der Waals surface area contributed by atoms with E-state index < -0.39 is 0 Å². The van der Waals surface area contributed by atoms with Crippen molar-refractivity contribution in [2.24, 2.45) is 0 Å². The fourth-order valence-corrected chi connectivity index (χ4v) is 2.19. The van der Waals surface area contributed by atoms with Crippen LogP contribution in [-0.2, 0) is 4.74 Å². The highest BCUT2D eigenvalue weighted by atomic mass is 16.5. The van der Waals surface area contributed by atoms with Crippen LogP contribution in [0.1, 0.15) is 43.6 Å². The van der Waals surface area contributed by atoms with Crippen LogP contribution in [0.25, 0.3) is 0 Å². The number of rotatable bonds is 5. The molecule has 0 aliphatic carbocycles. The Labute approximate surface area is 120 Å². The van der Waals surface area contributed by atoms with E-state index in [0.29, 0.717) is 18.9 Å². The van der Waals surface area contributed by atoms with Gasteiger partial charge in [0.05, 0.1) is 11.9 Å². The Balaban J connectivity index is 1.94.